The summed E-state index contributed by atoms with van der Waals surface area (Å²) in [4.78, 5) is 112. The first-order chi connectivity index (χ1) is 41.6. The van der Waals surface area contributed by atoms with Gasteiger partial charge in [0.2, 0.25) is 0 Å². The molecule has 124 heavy (non-hydrogen) atoms. The highest BCUT2D eigenvalue weighted by atomic mass is 16.6. The Hall–Kier alpha value is -5.70. The maximum Gasteiger partial charge on any atom is 0.347 e. The van der Waals surface area contributed by atoms with Gasteiger partial charge >= 0.3 is 59.7 Å². The summed E-state index contributed by atoms with van der Waals surface area (Å²) >= 11 is 0. The van der Waals surface area contributed by atoms with Gasteiger partial charge in [0.1, 0.15) is 62.0 Å². The van der Waals surface area contributed by atoms with E-state index in [1.165, 1.54) is 41.5 Å². The van der Waals surface area contributed by atoms with Crippen molar-refractivity contribution in [2.24, 2.45) is 11.8 Å². The van der Waals surface area contributed by atoms with Crippen LogP contribution >= 0.6 is 0 Å². The monoisotopic (exact) mass is 1860 g/mol. The highest BCUT2D eigenvalue weighted by Crippen LogP contribution is 2.14. The number of rotatable bonds is 37. The normalized spacial score (nSPS) is 12.1. The van der Waals surface area contributed by atoms with Gasteiger partial charge in [-0.15, -0.1) is 0 Å². The fourth-order valence-corrected chi connectivity index (χ4v) is 6.08. The fraction of sp³-hybridized carbons (Fsp3) is 0.894. The number of carbonyl (C=O) groups is 10. The summed E-state index contributed by atoms with van der Waals surface area (Å²) in [6, 6.07) is 0. The Bertz CT molecular complexity index is 1880. The largest absolute Gasteiger partial charge is 0.465 e. The van der Waals surface area contributed by atoms with Crippen LogP contribution in [-0.2, 0) is 95.3 Å². The zero-order chi connectivity index (χ0) is 71.1. The second kappa shape index (κ2) is 152. The summed E-state index contributed by atoms with van der Waals surface area (Å²) < 4.78 is 48.4. The van der Waals surface area contributed by atoms with E-state index in [1.54, 1.807) is 48.5 Å². The van der Waals surface area contributed by atoms with Crippen LogP contribution in [0.4, 0.5) is 0 Å². The van der Waals surface area contributed by atoms with E-state index in [0.29, 0.717) is 64.2 Å². The molecule has 0 aliphatic heterocycles. The zero-order valence-electron chi connectivity index (χ0n) is 55.9. The van der Waals surface area contributed by atoms with Gasteiger partial charge in [0.25, 0.3) is 0 Å². The van der Waals surface area contributed by atoms with E-state index >= 15 is 0 Å². The number of esters is 10. The van der Waals surface area contributed by atoms with Crippen LogP contribution in [-0.4, -0.2) is 235 Å². The molecule has 0 rings (SSSR count). The molecule has 0 aromatic rings. The molecule has 802 valence electrons. The number of hydrogen-bond acceptors (Lipinski definition) is 30. The molecule has 0 spiro atoms. The maximum atomic E-state index is 11.7. The number of hydrogen-bond donors (Lipinski definition) is 10. The van der Waals surface area contributed by atoms with Crippen LogP contribution in [0.5, 0.6) is 0 Å². The summed E-state index contributed by atoms with van der Waals surface area (Å²) in [7, 11) is 0. The third-order valence-electron chi connectivity index (χ3n) is 11.9. The number of carbonyl (C=O) groups excluding carboxylic acids is 10. The van der Waals surface area contributed by atoms with Crippen molar-refractivity contribution in [1.29, 1.82) is 0 Å². The molecule has 0 bridgehead atoms. The molecule has 0 aliphatic rings. The third kappa shape index (κ3) is 148. The molecule has 0 aliphatic carbocycles. The van der Waals surface area contributed by atoms with E-state index in [-0.39, 0.29) is 272 Å². The summed E-state index contributed by atoms with van der Waals surface area (Å²) in [5.41, 5.74) is 0. The van der Waals surface area contributed by atoms with E-state index in [2.05, 4.69) is 18.9 Å². The van der Waals surface area contributed by atoms with Crippen molar-refractivity contribution in [1.82, 2.24) is 0 Å². The second-order valence-electron chi connectivity index (χ2n) is 21.5. The summed E-state index contributed by atoms with van der Waals surface area (Å²) in [5, 5.41) is 90.8. The van der Waals surface area contributed by atoms with Gasteiger partial charge in [-0.25, -0.2) is 38.4 Å². The topological polar surface area (TPSA) is 465 Å². The van der Waals surface area contributed by atoms with Gasteiger partial charge in [0, 0.05) is 32.1 Å². The van der Waals surface area contributed by atoms with E-state index < -0.39 is 176 Å². The van der Waals surface area contributed by atoms with E-state index in [9.17, 15) is 73.5 Å². The van der Waals surface area contributed by atoms with Gasteiger partial charge in [0.05, 0.1) is 49.0 Å². The lowest BCUT2D eigenvalue weighted by molar-refractivity contribution is -0.174. The second-order valence-corrected chi connectivity index (χ2v) is 21.5. The Morgan fingerprint density at radius 2 is 0.411 bits per heavy atom. The van der Waals surface area contributed by atoms with Crippen LogP contribution in [0.2, 0.25) is 0 Å². The van der Waals surface area contributed by atoms with Crippen LogP contribution in [0, 0.1) is 11.8 Å². The molecule has 0 saturated carbocycles. The van der Waals surface area contributed by atoms with Crippen molar-refractivity contribution in [3.63, 3.8) is 0 Å². The van der Waals surface area contributed by atoms with Crippen LogP contribution in [0.1, 0.15) is 441 Å². The van der Waals surface area contributed by atoms with E-state index in [0.717, 1.165) is 0 Å². The lowest BCUT2D eigenvalue weighted by Gasteiger charge is -2.19. The Kier molecular flexibility index (Phi) is 316. The molecule has 0 saturated heterocycles. The molecule has 30 nitrogen and oxygen atoms in total. The quantitative estimate of drug-likeness (QED) is 0.0204. The van der Waals surface area contributed by atoms with Crippen LogP contribution < -0.4 is 0 Å². The van der Waals surface area contributed by atoms with Crippen molar-refractivity contribution < 1.29 is 146 Å². The van der Waals surface area contributed by atoms with Crippen LogP contribution in [0.3, 0.4) is 0 Å². The molecule has 18 atom stereocenters. The average Bonchev–Trinajstić information content (AvgIpc) is 0.933. The first-order valence-corrected chi connectivity index (χ1v) is 30.2. The first kappa shape index (κ1) is 259. The van der Waals surface area contributed by atoms with E-state index in [1.807, 2.05) is 34.6 Å². The first-order valence-electron chi connectivity index (χ1n) is 30.2. The highest BCUT2D eigenvalue weighted by molar-refractivity contribution is 5.82. The molecule has 10 N–H and O–H groups in total. The zero-order valence-corrected chi connectivity index (χ0v) is 55.9. The molecule has 0 fully saturated rings. The minimum absolute atomic E-state index is 0. The van der Waals surface area contributed by atoms with Gasteiger partial charge in [0.15, 0.2) is 24.9 Å². The lowest BCUT2D eigenvalue weighted by Crippen LogP contribution is -2.33. The van der Waals surface area contributed by atoms with Crippen molar-refractivity contribution in [3.05, 3.63) is 0 Å². The van der Waals surface area contributed by atoms with Crippen molar-refractivity contribution in [2.75, 3.05) is 26.4 Å². The number of ether oxygens (including phenoxy) is 10. The molecule has 18 unspecified atom stereocenters. The van der Waals surface area contributed by atoms with Crippen LogP contribution in [0.15, 0.2) is 0 Å². The smallest absolute Gasteiger partial charge is 0.347 e. The maximum absolute atomic E-state index is 11.7. The lowest BCUT2D eigenvalue weighted by atomic mass is 10.1. The van der Waals surface area contributed by atoms with Crippen molar-refractivity contribution in [3.8, 4) is 0 Å². The summed E-state index contributed by atoms with van der Waals surface area (Å²) in [5.74, 6) is -8.47. The Labute approximate surface area is 780 Å². The van der Waals surface area contributed by atoms with E-state index in [4.69, 9.17) is 54.0 Å². The average molecular weight is 1860 g/mol. The summed E-state index contributed by atoms with van der Waals surface area (Å²) in [6.07, 6.45) is -7.18. The van der Waals surface area contributed by atoms with Gasteiger partial charge in [-0.05, 0) is 122 Å². The summed E-state index contributed by atoms with van der Waals surface area (Å²) in [6.45, 7) is 26.8. The predicted octanol–water partition coefficient (Wildman–Crippen LogP) is 23.3. The minimum Gasteiger partial charge on any atom is -0.465 e. The standard InChI is InChI=1S/C14H26O6.3C12H22O6.C10H18O6.34CH4/c1-5-12(16)6-11(4)20-14(18)10(3)8-19-13(17)9(2)7-15;3*1-5-10(14)6-7(2)17-12(16)9(4)18-11(15)8(3)13;1-3-8(12)4-7(2)16-10(14)6-15-9(13)5-11;;;;;;;;;;;;;;;;;;;;;;;;;;;;;;;;;;/h9-12,15-16H,5-8H2,1-4H3;3*7-10,13-14H,5-6H2,1-4H3;7-8,11-12H,3-6H2,1-2H3;34*1H4. The van der Waals surface area contributed by atoms with Crippen molar-refractivity contribution >= 4 is 59.7 Å². The molecule has 0 aromatic heterocycles. The molecule has 0 heterocycles. The Morgan fingerprint density at radius 1 is 0.226 bits per heavy atom. The molecular formula is C94H246O30. The highest BCUT2D eigenvalue weighted by Gasteiger charge is 2.28. The molecule has 30 heteroatoms. The Balaban J connectivity index is -0.0000000184. The number of aliphatic hydroxyl groups is 10. The third-order valence-corrected chi connectivity index (χ3v) is 11.9. The van der Waals surface area contributed by atoms with Gasteiger partial charge in [-0.2, -0.15) is 0 Å². The van der Waals surface area contributed by atoms with Crippen molar-refractivity contribution in [2.45, 2.75) is 539 Å². The van der Waals surface area contributed by atoms with Crippen LogP contribution in [0.25, 0.3) is 0 Å². The molecule has 0 radical (unpaired) electrons. The predicted molar refractivity (Wildman–Crippen MR) is 547 cm³/mol. The molecule has 0 aromatic carbocycles. The minimum atomic E-state index is -1.28. The number of aliphatic hydroxyl groups excluding tert-OH is 10. The Morgan fingerprint density at radius 3 is 0.581 bits per heavy atom. The van der Waals surface area contributed by atoms with Gasteiger partial charge in [-0.3, -0.25) is 9.59 Å². The van der Waals surface area contributed by atoms with Gasteiger partial charge < -0.3 is 98.4 Å². The SMILES string of the molecule is C.C.C.C.C.C.C.C.C.C.C.C.C.C.C.C.C.C.C.C.C.C.C.C.C.C.C.C.C.C.C.C.C.C.CCC(O)CC(C)OC(=O)C(C)COC(=O)C(C)CO.CCC(O)CC(C)OC(=O)C(C)OC(=O)C(C)O.CCC(O)CC(C)OC(=O)C(C)OC(=O)C(C)O.CCC(O)CC(C)OC(=O)C(C)OC(=O)C(C)O.CCC(O)CC(C)OC(=O)COC(=O)CO. The fourth-order valence-electron chi connectivity index (χ4n) is 6.08. The van der Waals surface area contributed by atoms with Gasteiger partial charge in [-0.1, -0.05) is 287 Å². The molecular weight excluding hydrogens is 1610 g/mol. The molecule has 0 amide bonds.